The van der Waals surface area contributed by atoms with Crippen LogP contribution < -0.4 is 15.1 Å². The largest absolute Gasteiger partial charge is 0.478 e. The van der Waals surface area contributed by atoms with Crippen LogP contribution in [-0.4, -0.2) is 33.4 Å². The number of hydrogen-bond acceptors (Lipinski definition) is 5. The summed E-state index contributed by atoms with van der Waals surface area (Å²) in [6, 6.07) is 11.4. The number of nitrogens with one attached hydrogen (secondary N) is 1. The SMILES string of the molecule is O=C(NO)c1cc(F)c2c(c1)N(Cc1ccc(-n3cccn3)cc1)C(=O)CO2. The minimum Gasteiger partial charge on any atom is -0.478 e. The predicted molar refractivity (Wildman–Crippen MR) is 95.9 cm³/mol. The topological polar surface area (TPSA) is 96.7 Å². The number of rotatable bonds is 4. The summed E-state index contributed by atoms with van der Waals surface area (Å²) in [5.41, 5.74) is 3.11. The highest BCUT2D eigenvalue weighted by Crippen LogP contribution is 2.36. The lowest BCUT2D eigenvalue weighted by Gasteiger charge is -2.30. The molecule has 28 heavy (non-hydrogen) atoms. The second-order valence-electron chi connectivity index (χ2n) is 6.13. The summed E-state index contributed by atoms with van der Waals surface area (Å²) in [5.74, 6) is -2.15. The minimum atomic E-state index is -0.886. The zero-order chi connectivity index (χ0) is 19.7. The van der Waals surface area contributed by atoms with Gasteiger partial charge >= 0.3 is 0 Å². The number of ether oxygens (including phenoxy) is 1. The van der Waals surface area contributed by atoms with E-state index in [2.05, 4.69) is 5.10 Å². The summed E-state index contributed by atoms with van der Waals surface area (Å²) < 4.78 is 21.2. The van der Waals surface area contributed by atoms with Crippen LogP contribution in [0.1, 0.15) is 15.9 Å². The zero-order valence-corrected chi connectivity index (χ0v) is 14.5. The van der Waals surface area contributed by atoms with E-state index in [1.54, 1.807) is 10.9 Å². The van der Waals surface area contributed by atoms with Crippen molar-refractivity contribution in [3.63, 3.8) is 0 Å². The number of halogens is 1. The van der Waals surface area contributed by atoms with Crippen LogP contribution >= 0.6 is 0 Å². The number of amides is 2. The molecule has 1 aliphatic rings. The summed E-state index contributed by atoms with van der Waals surface area (Å²) in [5, 5.41) is 13.0. The van der Waals surface area contributed by atoms with E-state index in [-0.39, 0.29) is 36.1 Å². The summed E-state index contributed by atoms with van der Waals surface area (Å²) in [4.78, 5) is 25.4. The normalized spacial score (nSPS) is 13.1. The molecule has 0 saturated carbocycles. The van der Waals surface area contributed by atoms with E-state index in [1.807, 2.05) is 36.5 Å². The molecule has 9 heteroatoms. The van der Waals surface area contributed by atoms with Gasteiger partial charge in [-0.15, -0.1) is 0 Å². The Kier molecular flexibility index (Phi) is 4.50. The standard InChI is InChI=1S/C19H15FN4O4/c20-15-8-13(19(26)22-27)9-16-18(15)28-11-17(25)23(16)10-12-2-4-14(5-3-12)24-7-1-6-21-24/h1-9,27H,10-11H2,(H,22,26). The maximum Gasteiger partial charge on any atom is 0.274 e. The maximum atomic E-state index is 14.3. The lowest BCUT2D eigenvalue weighted by Crippen LogP contribution is -2.39. The Bertz CT molecular complexity index is 1030. The fourth-order valence-corrected chi connectivity index (χ4v) is 3.00. The molecule has 2 amide bonds. The minimum absolute atomic E-state index is 0.109. The molecule has 0 saturated heterocycles. The van der Waals surface area contributed by atoms with Crippen molar-refractivity contribution in [2.45, 2.75) is 6.54 Å². The Balaban J connectivity index is 1.66. The van der Waals surface area contributed by atoms with Gasteiger partial charge in [-0.3, -0.25) is 14.8 Å². The van der Waals surface area contributed by atoms with E-state index in [1.165, 1.54) is 16.4 Å². The van der Waals surface area contributed by atoms with Crippen LogP contribution in [0.5, 0.6) is 5.75 Å². The number of nitrogens with zero attached hydrogens (tertiary/aromatic N) is 3. The highest BCUT2D eigenvalue weighted by Gasteiger charge is 2.29. The predicted octanol–water partition coefficient (Wildman–Crippen LogP) is 2.06. The number of carbonyl (C=O) groups is 2. The Morgan fingerprint density at radius 3 is 2.75 bits per heavy atom. The molecule has 0 aliphatic carbocycles. The Hall–Kier alpha value is -3.72. The molecule has 1 aliphatic heterocycles. The van der Waals surface area contributed by atoms with Crippen LogP contribution in [0.2, 0.25) is 0 Å². The molecule has 8 nitrogen and oxygen atoms in total. The fourth-order valence-electron chi connectivity index (χ4n) is 3.00. The van der Waals surface area contributed by atoms with Gasteiger partial charge in [-0.25, -0.2) is 14.6 Å². The van der Waals surface area contributed by atoms with Crippen LogP contribution in [0.3, 0.4) is 0 Å². The van der Waals surface area contributed by atoms with Gasteiger partial charge in [0.2, 0.25) is 0 Å². The van der Waals surface area contributed by atoms with Crippen molar-refractivity contribution in [2.75, 3.05) is 11.5 Å². The molecule has 2 aromatic carbocycles. The number of carbonyl (C=O) groups excluding carboxylic acids is 2. The first-order valence-electron chi connectivity index (χ1n) is 8.37. The van der Waals surface area contributed by atoms with Crippen molar-refractivity contribution in [3.05, 3.63) is 71.8 Å². The van der Waals surface area contributed by atoms with E-state index in [0.717, 1.165) is 17.3 Å². The molecular formula is C19H15FN4O4. The van der Waals surface area contributed by atoms with Gasteiger partial charge in [-0.05, 0) is 35.9 Å². The van der Waals surface area contributed by atoms with Crippen LogP contribution in [-0.2, 0) is 11.3 Å². The van der Waals surface area contributed by atoms with Gasteiger partial charge in [0, 0.05) is 18.0 Å². The summed E-state index contributed by atoms with van der Waals surface area (Å²) in [6.45, 7) is -0.140. The third-order valence-corrected chi connectivity index (χ3v) is 4.37. The number of aromatic nitrogens is 2. The van der Waals surface area contributed by atoms with E-state index < -0.39 is 11.7 Å². The van der Waals surface area contributed by atoms with Gasteiger partial charge in [-0.1, -0.05) is 12.1 Å². The average molecular weight is 382 g/mol. The zero-order valence-electron chi connectivity index (χ0n) is 14.5. The van der Waals surface area contributed by atoms with Crippen LogP contribution in [0, 0.1) is 5.82 Å². The first-order valence-corrected chi connectivity index (χ1v) is 8.37. The maximum absolute atomic E-state index is 14.3. The first-order chi connectivity index (χ1) is 13.6. The molecule has 4 rings (SSSR count). The fraction of sp³-hybridized carbons (Fsp3) is 0.105. The molecule has 0 spiro atoms. The average Bonchev–Trinajstić information content (AvgIpc) is 3.24. The molecule has 3 aromatic rings. The number of hydroxylamine groups is 1. The number of anilines is 1. The second kappa shape index (κ2) is 7.12. The molecule has 142 valence electrons. The second-order valence-corrected chi connectivity index (χ2v) is 6.13. The third kappa shape index (κ3) is 3.19. The quantitative estimate of drug-likeness (QED) is 0.532. The van der Waals surface area contributed by atoms with Crippen LogP contribution in [0.25, 0.3) is 5.69 Å². The smallest absolute Gasteiger partial charge is 0.274 e. The van der Waals surface area contributed by atoms with Crippen molar-refractivity contribution in [1.82, 2.24) is 15.3 Å². The highest BCUT2D eigenvalue weighted by atomic mass is 19.1. The summed E-state index contributed by atoms with van der Waals surface area (Å²) in [6.07, 6.45) is 3.49. The van der Waals surface area contributed by atoms with E-state index in [0.29, 0.717) is 0 Å². The van der Waals surface area contributed by atoms with Crippen molar-refractivity contribution in [3.8, 4) is 11.4 Å². The number of fused-ring (bicyclic) bond motifs is 1. The van der Waals surface area contributed by atoms with Gasteiger partial charge in [0.25, 0.3) is 11.8 Å². The third-order valence-electron chi connectivity index (χ3n) is 4.37. The van der Waals surface area contributed by atoms with Crippen molar-refractivity contribution < 1.29 is 23.9 Å². The molecule has 0 atom stereocenters. The van der Waals surface area contributed by atoms with Crippen molar-refractivity contribution in [1.29, 1.82) is 0 Å². The molecule has 0 fully saturated rings. The van der Waals surface area contributed by atoms with Gasteiger partial charge in [0.05, 0.1) is 17.9 Å². The van der Waals surface area contributed by atoms with E-state index >= 15 is 0 Å². The summed E-state index contributed by atoms with van der Waals surface area (Å²) >= 11 is 0. The molecule has 0 unspecified atom stereocenters. The monoisotopic (exact) mass is 382 g/mol. The molecule has 2 heterocycles. The molecule has 1 aromatic heterocycles. The van der Waals surface area contributed by atoms with Gasteiger partial charge in [-0.2, -0.15) is 5.10 Å². The Morgan fingerprint density at radius 1 is 1.29 bits per heavy atom. The van der Waals surface area contributed by atoms with Crippen LogP contribution in [0.4, 0.5) is 10.1 Å². The summed E-state index contributed by atoms with van der Waals surface area (Å²) in [7, 11) is 0. The van der Waals surface area contributed by atoms with Crippen molar-refractivity contribution >= 4 is 17.5 Å². The Morgan fingerprint density at radius 2 is 2.07 bits per heavy atom. The Labute approximate surface area is 158 Å². The molecule has 0 radical (unpaired) electrons. The molecule has 2 N–H and O–H groups in total. The van der Waals surface area contributed by atoms with Gasteiger partial charge in [0.15, 0.2) is 18.2 Å². The van der Waals surface area contributed by atoms with Crippen LogP contribution in [0.15, 0.2) is 54.9 Å². The van der Waals surface area contributed by atoms with E-state index in [9.17, 15) is 14.0 Å². The van der Waals surface area contributed by atoms with Crippen molar-refractivity contribution in [2.24, 2.45) is 0 Å². The molecule has 0 bridgehead atoms. The lowest BCUT2D eigenvalue weighted by molar-refractivity contribution is -0.121. The first kappa shape index (κ1) is 17.7. The van der Waals surface area contributed by atoms with Gasteiger partial charge < -0.3 is 9.64 Å². The van der Waals surface area contributed by atoms with Gasteiger partial charge in [0.1, 0.15) is 0 Å². The van der Waals surface area contributed by atoms with E-state index in [4.69, 9.17) is 9.94 Å². The lowest BCUT2D eigenvalue weighted by atomic mass is 10.1. The number of hydrogen-bond donors (Lipinski definition) is 2. The number of benzene rings is 2. The highest BCUT2D eigenvalue weighted by molar-refractivity contribution is 6.01. The molecular weight excluding hydrogens is 367 g/mol.